The van der Waals surface area contributed by atoms with Crippen molar-refractivity contribution in [3.8, 4) is 0 Å². The van der Waals surface area contributed by atoms with Gasteiger partial charge in [-0.3, -0.25) is 4.99 Å². The molecule has 0 radical (unpaired) electrons. The van der Waals surface area contributed by atoms with Crippen LogP contribution in [0.1, 0.15) is 65.7 Å². The lowest BCUT2D eigenvalue weighted by atomic mass is 9.86. The SMILES string of the molecule is CCCCC1=Nc2ccccc2N(C)C(C)(CCCC)C1. The maximum Gasteiger partial charge on any atom is 0.0862 e. The first kappa shape index (κ1) is 16.1. The van der Waals surface area contributed by atoms with Crippen molar-refractivity contribution in [2.75, 3.05) is 11.9 Å². The number of para-hydroxylation sites is 2. The zero-order valence-electron chi connectivity index (χ0n) is 14.2. The van der Waals surface area contributed by atoms with Crippen molar-refractivity contribution in [1.29, 1.82) is 0 Å². The second kappa shape index (κ2) is 7.11. The van der Waals surface area contributed by atoms with E-state index < -0.39 is 0 Å². The molecule has 0 saturated carbocycles. The van der Waals surface area contributed by atoms with Crippen molar-refractivity contribution in [3.05, 3.63) is 24.3 Å². The van der Waals surface area contributed by atoms with E-state index in [9.17, 15) is 0 Å². The summed E-state index contributed by atoms with van der Waals surface area (Å²) in [6.45, 7) is 6.94. The molecule has 1 aliphatic heterocycles. The van der Waals surface area contributed by atoms with Gasteiger partial charge in [0.2, 0.25) is 0 Å². The molecule has 2 heteroatoms. The van der Waals surface area contributed by atoms with Crippen LogP contribution in [0.25, 0.3) is 0 Å². The molecule has 116 valence electrons. The van der Waals surface area contributed by atoms with Crippen molar-refractivity contribution >= 4 is 17.1 Å². The third-order valence-corrected chi connectivity index (χ3v) is 4.80. The molecule has 0 saturated heterocycles. The Hall–Kier alpha value is -1.31. The Morgan fingerprint density at radius 3 is 2.57 bits per heavy atom. The first-order valence-electron chi connectivity index (χ1n) is 8.50. The molecule has 0 aromatic heterocycles. The first-order valence-corrected chi connectivity index (χ1v) is 8.50. The average Bonchev–Trinajstić information content (AvgIpc) is 2.60. The van der Waals surface area contributed by atoms with E-state index in [-0.39, 0.29) is 5.54 Å². The minimum atomic E-state index is 0.190. The topological polar surface area (TPSA) is 15.6 Å². The van der Waals surface area contributed by atoms with Crippen LogP contribution >= 0.6 is 0 Å². The third-order valence-electron chi connectivity index (χ3n) is 4.80. The number of benzene rings is 1. The van der Waals surface area contributed by atoms with E-state index in [0.29, 0.717) is 0 Å². The number of hydrogen-bond donors (Lipinski definition) is 0. The molecular weight excluding hydrogens is 256 g/mol. The van der Waals surface area contributed by atoms with Crippen molar-refractivity contribution < 1.29 is 0 Å². The van der Waals surface area contributed by atoms with Crippen molar-refractivity contribution in [2.45, 2.75) is 71.3 Å². The second-order valence-electron chi connectivity index (χ2n) is 6.61. The molecule has 1 atom stereocenters. The summed E-state index contributed by atoms with van der Waals surface area (Å²) < 4.78 is 0. The van der Waals surface area contributed by atoms with Gasteiger partial charge in [-0.1, -0.05) is 45.2 Å². The number of aliphatic imine (C=N–C) groups is 1. The van der Waals surface area contributed by atoms with Crippen LogP contribution < -0.4 is 4.90 Å². The van der Waals surface area contributed by atoms with Crippen LogP contribution in [0.5, 0.6) is 0 Å². The van der Waals surface area contributed by atoms with Gasteiger partial charge in [-0.15, -0.1) is 0 Å². The Labute approximate surface area is 130 Å². The second-order valence-corrected chi connectivity index (χ2v) is 6.61. The minimum absolute atomic E-state index is 0.190. The van der Waals surface area contributed by atoms with Gasteiger partial charge in [0.1, 0.15) is 0 Å². The molecule has 0 spiro atoms. The van der Waals surface area contributed by atoms with E-state index in [1.807, 2.05) is 0 Å². The lowest BCUT2D eigenvalue weighted by Gasteiger charge is -2.40. The quantitative estimate of drug-likeness (QED) is 0.651. The first-order chi connectivity index (χ1) is 10.1. The number of anilines is 1. The predicted octanol–water partition coefficient (Wildman–Crippen LogP) is 5.74. The van der Waals surface area contributed by atoms with Crippen molar-refractivity contribution in [2.24, 2.45) is 4.99 Å². The van der Waals surface area contributed by atoms with E-state index in [1.54, 1.807) is 0 Å². The normalized spacial score (nSPS) is 21.7. The lowest BCUT2D eigenvalue weighted by Crippen LogP contribution is -2.45. The molecule has 0 bridgehead atoms. The molecule has 21 heavy (non-hydrogen) atoms. The number of hydrogen-bond acceptors (Lipinski definition) is 2. The van der Waals surface area contributed by atoms with E-state index in [1.165, 1.54) is 43.5 Å². The van der Waals surface area contributed by atoms with Gasteiger partial charge in [0, 0.05) is 24.7 Å². The summed E-state index contributed by atoms with van der Waals surface area (Å²) in [5, 5.41) is 0. The van der Waals surface area contributed by atoms with E-state index in [0.717, 1.165) is 18.5 Å². The summed E-state index contributed by atoms with van der Waals surface area (Å²) in [4.78, 5) is 7.48. The average molecular weight is 286 g/mol. The highest BCUT2D eigenvalue weighted by Gasteiger charge is 2.33. The van der Waals surface area contributed by atoms with Gasteiger partial charge in [0.05, 0.1) is 11.4 Å². The largest absolute Gasteiger partial charge is 0.367 e. The molecule has 1 unspecified atom stereocenters. The lowest BCUT2D eigenvalue weighted by molar-refractivity contribution is 0.408. The van der Waals surface area contributed by atoms with Crippen LogP contribution in [0, 0.1) is 0 Å². The molecule has 0 amide bonds. The Morgan fingerprint density at radius 2 is 1.86 bits per heavy atom. The number of nitrogens with zero attached hydrogens (tertiary/aromatic N) is 2. The van der Waals surface area contributed by atoms with E-state index in [2.05, 4.69) is 57.0 Å². The van der Waals surface area contributed by atoms with Crippen LogP contribution in [0.15, 0.2) is 29.3 Å². The minimum Gasteiger partial charge on any atom is -0.367 e. The van der Waals surface area contributed by atoms with Gasteiger partial charge >= 0.3 is 0 Å². The molecule has 2 nitrogen and oxygen atoms in total. The van der Waals surface area contributed by atoms with Crippen molar-refractivity contribution in [3.63, 3.8) is 0 Å². The molecule has 0 aliphatic carbocycles. The van der Waals surface area contributed by atoms with Crippen LogP contribution in [0.2, 0.25) is 0 Å². The van der Waals surface area contributed by atoms with Gasteiger partial charge in [-0.05, 0) is 38.3 Å². The van der Waals surface area contributed by atoms with Gasteiger partial charge in [-0.2, -0.15) is 0 Å². The number of unbranched alkanes of at least 4 members (excludes halogenated alkanes) is 2. The zero-order valence-corrected chi connectivity index (χ0v) is 14.2. The zero-order chi connectivity index (χ0) is 15.3. The van der Waals surface area contributed by atoms with Gasteiger partial charge in [0.25, 0.3) is 0 Å². The van der Waals surface area contributed by atoms with Crippen molar-refractivity contribution in [1.82, 2.24) is 0 Å². The van der Waals surface area contributed by atoms with Gasteiger partial charge in [0.15, 0.2) is 0 Å². The summed E-state index contributed by atoms with van der Waals surface area (Å²) in [5.74, 6) is 0. The summed E-state index contributed by atoms with van der Waals surface area (Å²) in [6, 6.07) is 8.60. The van der Waals surface area contributed by atoms with Crippen LogP contribution in [0.4, 0.5) is 11.4 Å². The Morgan fingerprint density at radius 1 is 1.14 bits per heavy atom. The maximum atomic E-state index is 5.01. The Balaban J connectivity index is 2.36. The Kier molecular flexibility index (Phi) is 5.44. The number of rotatable bonds is 6. The summed E-state index contributed by atoms with van der Waals surface area (Å²) in [5.41, 5.74) is 4.00. The van der Waals surface area contributed by atoms with Crippen LogP contribution in [-0.4, -0.2) is 18.3 Å². The molecule has 1 aliphatic rings. The highest BCUT2D eigenvalue weighted by molar-refractivity contribution is 5.91. The summed E-state index contributed by atoms with van der Waals surface area (Å²) in [6.07, 6.45) is 8.49. The summed E-state index contributed by atoms with van der Waals surface area (Å²) >= 11 is 0. The van der Waals surface area contributed by atoms with Gasteiger partial charge < -0.3 is 4.90 Å². The molecule has 2 rings (SSSR count). The standard InChI is InChI=1S/C19H30N2/c1-5-7-11-16-15-19(3,14-8-6-2)21(4)18-13-10-9-12-17(18)20-16/h9-10,12-13H,5-8,11,14-15H2,1-4H3. The molecule has 1 heterocycles. The molecular formula is C19H30N2. The van der Waals surface area contributed by atoms with Crippen LogP contribution in [-0.2, 0) is 0 Å². The molecule has 0 fully saturated rings. The van der Waals surface area contributed by atoms with E-state index in [4.69, 9.17) is 4.99 Å². The highest BCUT2D eigenvalue weighted by atomic mass is 15.2. The molecule has 1 aromatic rings. The third kappa shape index (κ3) is 3.66. The molecule has 0 N–H and O–H groups in total. The smallest absolute Gasteiger partial charge is 0.0862 e. The fourth-order valence-electron chi connectivity index (χ4n) is 3.24. The molecule has 1 aromatic carbocycles. The van der Waals surface area contributed by atoms with Gasteiger partial charge in [-0.25, -0.2) is 0 Å². The maximum absolute atomic E-state index is 5.01. The fourth-order valence-corrected chi connectivity index (χ4v) is 3.24. The highest BCUT2D eigenvalue weighted by Crippen LogP contribution is 2.39. The number of fused-ring (bicyclic) bond motifs is 1. The predicted molar refractivity (Wildman–Crippen MR) is 94.0 cm³/mol. The van der Waals surface area contributed by atoms with Crippen LogP contribution in [0.3, 0.4) is 0 Å². The Bertz CT molecular complexity index is 492. The summed E-state index contributed by atoms with van der Waals surface area (Å²) in [7, 11) is 2.24. The van der Waals surface area contributed by atoms with E-state index >= 15 is 0 Å². The monoisotopic (exact) mass is 286 g/mol. The fraction of sp³-hybridized carbons (Fsp3) is 0.632.